The summed E-state index contributed by atoms with van der Waals surface area (Å²) in [6.45, 7) is 0.528. The summed E-state index contributed by atoms with van der Waals surface area (Å²) >= 11 is 1.67. The first-order valence-electron chi connectivity index (χ1n) is 6.92. The fourth-order valence-corrected chi connectivity index (χ4v) is 3.10. The summed E-state index contributed by atoms with van der Waals surface area (Å²) in [5.74, 6) is 1.71. The van der Waals surface area contributed by atoms with Gasteiger partial charge < -0.3 is 10.3 Å². The van der Waals surface area contributed by atoms with Crippen LogP contribution in [0, 0.1) is 0 Å². The van der Waals surface area contributed by atoms with E-state index in [0.717, 1.165) is 16.8 Å². The summed E-state index contributed by atoms with van der Waals surface area (Å²) in [5, 5.41) is 7.20. The van der Waals surface area contributed by atoms with Gasteiger partial charge in [-0.2, -0.15) is 4.98 Å². The van der Waals surface area contributed by atoms with Gasteiger partial charge in [0.15, 0.2) is 0 Å². The summed E-state index contributed by atoms with van der Waals surface area (Å²) in [5.41, 5.74) is 8.37. The Labute approximate surface area is 138 Å². The van der Waals surface area contributed by atoms with E-state index in [9.17, 15) is 0 Å². The Hall–Kier alpha value is -1.76. The summed E-state index contributed by atoms with van der Waals surface area (Å²) in [6.07, 6.45) is 2.49. The van der Waals surface area contributed by atoms with Gasteiger partial charge in [0, 0.05) is 23.4 Å². The molecule has 1 aromatic carbocycles. The molecule has 1 saturated carbocycles. The molecule has 114 valence electrons. The largest absolute Gasteiger partial charge is 0.332 e. The highest BCUT2D eigenvalue weighted by Crippen LogP contribution is 2.42. The van der Waals surface area contributed by atoms with Crippen molar-refractivity contribution in [3.8, 4) is 23.0 Å². The van der Waals surface area contributed by atoms with Crippen molar-refractivity contribution in [3.05, 3.63) is 40.2 Å². The molecule has 1 aliphatic rings. The second-order valence-corrected chi connectivity index (χ2v) is 6.06. The van der Waals surface area contributed by atoms with Gasteiger partial charge in [0.25, 0.3) is 5.89 Å². The zero-order valence-corrected chi connectivity index (χ0v) is 13.4. The number of nitrogens with zero attached hydrogens (tertiary/aromatic N) is 3. The lowest BCUT2D eigenvalue weighted by molar-refractivity contribution is 0.431. The molecular weight excluding hydrogens is 320 g/mol. The first-order valence-corrected chi connectivity index (χ1v) is 7.80. The second kappa shape index (κ2) is 6.16. The quantitative estimate of drug-likeness (QED) is 0.788. The van der Waals surface area contributed by atoms with Crippen LogP contribution in [0.25, 0.3) is 23.0 Å². The Morgan fingerprint density at radius 1 is 1.18 bits per heavy atom. The molecule has 0 aliphatic heterocycles. The molecule has 0 bridgehead atoms. The third-order valence-corrected chi connectivity index (χ3v) is 4.55. The van der Waals surface area contributed by atoms with Gasteiger partial charge in [-0.05, 0) is 18.4 Å². The van der Waals surface area contributed by atoms with Crippen LogP contribution in [-0.2, 0) is 6.54 Å². The third-order valence-electron chi connectivity index (χ3n) is 3.54. The summed E-state index contributed by atoms with van der Waals surface area (Å²) in [6, 6.07) is 7.85. The minimum absolute atomic E-state index is 0. The highest BCUT2D eigenvalue weighted by molar-refractivity contribution is 7.10. The van der Waals surface area contributed by atoms with Crippen molar-refractivity contribution in [2.45, 2.75) is 25.3 Å². The Morgan fingerprint density at radius 2 is 1.95 bits per heavy atom. The molecule has 1 aliphatic carbocycles. The van der Waals surface area contributed by atoms with E-state index in [1.165, 1.54) is 17.8 Å². The van der Waals surface area contributed by atoms with Crippen LogP contribution in [0.15, 0.2) is 34.2 Å². The molecule has 3 aromatic rings. The number of hydrogen-bond donors (Lipinski definition) is 1. The fraction of sp³-hybridized carbons (Fsp3) is 0.267. The standard InChI is InChI=1S/C15H14N4OS.ClH/c16-7-9-1-3-10(4-2-9)13-18-14(20-19-13)12-8-21-15(17-12)11-5-6-11;/h1-4,8,11H,5-7,16H2;1H. The number of halogens is 1. The molecule has 2 aromatic heterocycles. The molecule has 5 nitrogen and oxygen atoms in total. The monoisotopic (exact) mass is 334 g/mol. The van der Waals surface area contributed by atoms with E-state index >= 15 is 0 Å². The maximum absolute atomic E-state index is 5.59. The van der Waals surface area contributed by atoms with Gasteiger partial charge >= 0.3 is 0 Å². The van der Waals surface area contributed by atoms with Crippen LogP contribution in [0.1, 0.15) is 29.3 Å². The van der Waals surface area contributed by atoms with Gasteiger partial charge in [-0.1, -0.05) is 29.4 Å². The van der Waals surface area contributed by atoms with Crippen molar-refractivity contribution in [3.63, 3.8) is 0 Å². The molecule has 0 spiro atoms. The Kier molecular flexibility index (Phi) is 4.24. The normalized spacial score (nSPS) is 13.9. The molecule has 7 heteroatoms. The van der Waals surface area contributed by atoms with Gasteiger partial charge in [0.2, 0.25) is 5.82 Å². The van der Waals surface area contributed by atoms with Crippen molar-refractivity contribution < 1.29 is 4.52 Å². The molecule has 0 saturated heterocycles. The molecule has 0 atom stereocenters. The van der Waals surface area contributed by atoms with Crippen LogP contribution in [0.3, 0.4) is 0 Å². The van der Waals surface area contributed by atoms with E-state index in [4.69, 9.17) is 10.3 Å². The first-order chi connectivity index (χ1) is 10.3. The second-order valence-electron chi connectivity index (χ2n) is 5.17. The molecular formula is C15H15ClN4OS. The lowest BCUT2D eigenvalue weighted by Gasteiger charge is -1.97. The minimum Gasteiger partial charge on any atom is -0.332 e. The van der Waals surface area contributed by atoms with E-state index in [2.05, 4.69) is 15.1 Å². The molecule has 1 fully saturated rings. The summed E-state index contributed by atoms with van der Waals surface area (Å²) < 4.78 is 5.33. The third kappa shape index (κ3) is 2.90. The van der Waals surface area contributed by atoms with Gasteiger partial charge in [0.1, 0.15) is 5.69 Å². The van der Waals surface area contributed by atoms with Crippen LogP contribution < -0.4 is 5.73 Å². The zero-order valence-electron chi connectivity index (χ0n) is 11.7. The van der Waals surface area contributed by atoms with Crippen LogP contribution >= 0.6 is 23.7 Å². The summed E-state index contributed by atoms with van der Waals surface area (Å²) in [7, 11) is 0. The molecule has 2 N–H and O–H groups in total. The van der Waals surface area contributed by atoms with Crippen LogP contribution in [0.4, 0.5) is 0 Å². The Bertz CT molecular complexity index is 764. The molecule has 4 rings (SSSR count). The minimum atomic E-state index is 0. The smallest absolute Gasteiger partial charge is 0.277 e. The van der Waals surface area contributed by atoms with Crippen molar-refractivity contribution in [2.24, 2.45) is 5.73 Å². The maximum Gasteiger partial charge on any atom is 0.277 e. The van der Waals surface area contributed by atoms with Crippen molar-refractivity contribution in [2.75, 3.05) is 0 Å². The Morgan fingerprint density at radius 3 is 2.64 bits per heavy atom. The Balaban J connectivity index is 0.00000144. The maximum atomic E-state index is 5.59. The van der Waals surface area contributed by atoms with E-state index in [0.29, 0.717) is 24.2 Å². The molecule has 2 heterocycles. The molecule has 0 amide bonds. The van der Waals surface area contributed by atoms with Crippen molar-refractivity contribution in [1.82, 2.24) is 15.1 Å². The average molecular weight is 335 g/mol. The number of thiazole rings is 1. The van der Waals surface area contributed by atoms with Gasteiger partial charge in [0.05, 0.1) is 5.01 Å². The first kappa shape index (κ1) is 15.1. The topological polar surface area (TPSA) is 77.8 Å². The highest BCUT2D eigenvalue weighted by Gasteiger charge is 2.27. The van der Waals surface area contributed by atoms with Gasteiger partial charge in [-0.3, -0.25) is 0 Å². The van der Waals surface area contributed by atoms with E-state index < -0.39 is 0 Å². The predicted octanol–water partition coefficient (Wildman–Crippen LogP) is 3.62. The summed E-state index contributed by atoms with van der Waals surface area (Å²) in [4.78, 5) is 9.02. The number of aromatic nitrogens is 3. The van der Waals surface area contributed by atoms with Gasteiger partial charge in [-0.15, -0.1) is 23.7 Å². The average Bonchev–Trinajstić information content (AvgIpc) is 3.07. The highest BCUT2D eigenvalue weighted by atomic mass is 35.5. The zero-order chi connectivity index (χ0) is 14.2. The lowest BCUT2D eigenvalue weighted by Crippen LogP contribution is -1.95. The number of nitrogens with two attached hydrogens (primary N) is 1. The predicted molar refractivity (Wildman–Crippen MR) is 88.0 cm³/mol. The van der Waals surface area contributed by atoms with Crippen LogP contribution in [-0.4, -0.2) is 15.1 Å². The fourth-order valence-electron chi connectivity index (χ4n) is 2.14. The number of hydrogen-bond acceptors (Lipinski definition) is 6. The lowest BCUT2D eigenvalue weighted by atomic mass is 10.1. The van der Waals surface area contributed by atoms with Crippen molar-refractivity contribution >= 4 is 23.7 Å². The van der Waals surface area contributed by atoms with Crippen molar-refractivity contribution in [1.29, 1.82) is 0 Å². The van der Waals surface area contributed by atoms with E-state index in [-0.39, 0.29) is 12.4 Å². The van der Waals surface area contributed by atoms with Gasteiger partial charge in [-0.25, -0.2) is 4.98 Å². The number of rotatable bonds is 4. The van der Waals surface area contributed by atoms with E-state index in [1.54, 1.807) is 11.3 Å². The van der Waals surface area contributed by atoms with Crippen LogP contribution in [0.2, 0.25) is 0 Å². The van der Waals surface area contributed by atoms with E-state index in [1.807, 2.05) is 29.6 Å². The molecule has 0 unspecified atom stereocenters. The van der Waals surface area contributed by atoms with Crippen LogP contribution in [0.5, 0.6) is 0 Å². The SMILES string of the molecule is Cl.NCc1ccc(-c2noc(-c3csc(C4CC4)n3)n2)cc1. The number of benzene rings is 1. The molecule has 22 heavy (non-hydrogen) atoms. The molecule has 0 radical (unpaired) electrons.